The highest BCUT2D eigenvalue weighted by atomic mass is 127. The number of anilines is 1. The molecule has 1 rings (SSSR count). The van der Waals surface area contributed by atoms with Crippen molar-refractivity contribution in [2.45, 2.75) is 52.2 Å². The van der Waals surface area contributed by atoms with E-state index in [0.29, 0.717) is 0 Å². The molecular weight excluding hydrogens is 381 g/mol. The Morgan fingerprint density at radius 1 is 1.29 bits per heavy atom. The Labute approximate surface area is 140 Å². The summed E-state index contributed by atoms with van der Waals surface area (Å²) in [5.41, 5.74) is -0.831. The van der Waals surface area contributed by atoms with Crippen molar-refractivity contribution >= 4 is 34.5 Å². The number of nitrogens with zero attached hydrogens (tertiary/aromatic N) is 1. The summed E-state index contributed by atoms with van der Waals surface area (Å²) in [5, 5.41) is 6.13. The van der Waals surface area contributed by atoms with Crippen LogP contribution in [0, 0.1) is 3.57 Å². The van der Waals surface area contributed by atoms with E-state index in [0.717, 1.165) is 22.4 Å². The Morgan fingerprint density at radius 2 is 1.95 bits per heavy atom. The Morgan fingerprint density at radius 3 is 2.48 bits per heavy atom. The van der Waals surface area contributed by atoms with Gasteiger partial charge in [-0.15, -0.1) is 0 Å². The number of nitrogens with one attached hydrogen (secondary N) is 2. The summed E-state index contributed by atoms with van der Waals surface area (Å²) in [4.78, 5) is 16.1. The molecule has 2 N–H and O–H groups in total. The molecule has 1 amide bonds. The van der Waals surface area contributed by atoms with Gasteiger partial charge in [0.1, 0.15) is 11.4 Å². The average Bonchev–Trinajstić information content (AvgIpc) is 2.28. The largest absolute Gasteiger partial charge is 0.444 e. The summed E-state index contributed by atoms with van der Waals surface area (Å²) in [6.45, 7) is 10.2. The third-order valence-corrected chi connectivity index (χ3v) is 3.26. The molecule has 0 atom stereocenters. The van der Waals surface area contributed by atoms with Crippen molar-refractivity contribution in [3.63, 3.8) is 0 Å². The van der Waals surface area contributed by atoms with Crippen LogP contribution in [0.3, 0.4) is 0 Å². The first-order valence-electron chi connectivity index (χ1n) is 6.94. The van der Waals surface area contributed by atoms with E-state index in [9.17, 15) is 4.79 Å². The lowest BCUT2D eigenvalue weighted by atomic mass is 10.0. The molecule has 0 aliphatic carbocycles. The van der Waals surface area contributed by atoms with E-state index >= 15 is 0 Å². The summed E-state index contributed by atoms with van der Waals surface area (Å²) >= 11 is 2.22. The maximum Gasteiger partial charge on any atom is 0.408 e. The van der Waals surface area contributed by atoms with Crippen molar-refractivity contribution in [3.05, 3.63) is 21.9 Å². The van der Waals surface area contributed by atoms with Crippen molar-refractivity contribution < 1.29 is 9.53 Å². The van der Waals surface area contributed by atoms with Crippen LogP contribution >= 0.6 is 22.6 Å². The molecule has 0 aromatic carbocycles. The number of hydrogen-bond acceptors (Lipinski definition) is 4. The van der Waals surface area contributed by atoms with E-state index < -0.39 is 5.60 Å². The highest BCUT2D eigenvalue weighted by molar-refractivity contribution is 14.1. The Bertz CT molecular complexity index is 467. The van der Waals surface area contributed by atoms with Crippen molar-refractivity contribution in [2.75, 3.05) is 11.9 Å². The molecule has 0 aliphatic heterocycles. The predicted octanol–water partition coefficient (Wildman–Crippen LogP) is 3.79. The number of hydrogen-bond donors (Lipinski definition) is 2. The van der Waals surface area contributed by atoms with Crippen molar-refractivity contribution in [1.82, 2.24) is 10.3 Å². The summed E-state index contributed by atoms with van der Waals surface area (Å²) in [7, 11) is 0. The fraction of sp³-hybridized carbons (Fsp3) is 0.600. The second-order valence-electron chi connectivity index (χ2n) is 6.55. The molecule has 0 spiro atoms. The van der Waals surface area contributed by atoms with Crippen LogP contribution in [0.4, 0.5) is 10.6 Å². The number of carbonyl (C=O) groups is 1. The number of amides is 1. The number of ether oxygens (including phenoxy) is 1. The molecule has 0 radical (unpaired) electrons. The molecule has 1 heterocycles. The fourth-order valence-corrected chi connectivity index (χ4v) is 1.94. The molecule has 21 heavy (non-hydrogen) atoms. The van der Waals surface area contributed by atoms with Crippen LogP contribution in [0.5, 0.6) is 0 Å². The zero-order chi connectivity index (χ0) is 16.1. The number of carbonyl (C=O) groups excluding carboxylic acids is 1. The second-order valence-corrected chi connectivity index (χ2v) is 7.79. The van der Waals surface area contributed by atoms with Gasteiger partial charge in [0.25, 0.3) is 0 Å². The molecular formula is C15H24IN3O2. The van der Waals surface area contributed by atoms with Crippen LogP contribution in [0.2, 0.25) is 0 Å². The molecule has 0 bridgehead atoms. The van der Waals surface area contributed by atoms with Gasteiger partial charge in [0.05, 0.1) is 0 Å². The van der Waals surface area contributed by atoms with Gasteiger partial charge in [-0.25, -0.2) is 9.78 Å². The maximum absolute atomic E-state index is 11.8. The first kappa shape index (κ1) is 18.0. The molecule has 0 fully saturated rings. The molecule has 1 aromatic heterocycles. The second kappa shape index (κ2) is 7.29. The maximum atomic E-state index is 11.8. The highest BCUT2D eigenvalue weighted by Crippen LogP contribution is 2.13. The third-order valence-electron chi connectivity index (χ3n) is 2.62. The van der Waals surface area contributed by atoms with Gasteiger partial charge in [-0.3, -0.25) is 0 Å². The molecule has 0 aliphatic rings. The summed E-state index contributed by atoms with van der Waals surface area (Å²) in [5.74, 6) is 0.837. The van der Waals surface area contributed by atoms with E-state index in [4.69, 9.17) is 4.74 Å². The lowest BCUT2D eigenvalue weighted by molar-refractivity contribution is 0.0470. The van der Waals surface area contributed by atoms with Crippen LogP contribution in [0.25, 0.3) is 0 Å². The van der Waals surface area contributed by atoms with Crippen LogP contribution in [0.1, 0.15) is 41.0 Å². The monoisotopic (exact) mass is 405 g/mol. The number of pyridine rings is 1. The topological polar surface area (TPSA) is 63.2 Å². The standard InChI is InChI=1S/C15H24IN3O2/c1-14(2,3)21-13(20)19-15(4,5)8-9-17-12-7-6-11(16)10-18-12/h6-7,10H,8-9H2,1-5H3,(H,17,18)(H,19,20). The summed E-state index contributed by atoms with van der Waals surface area (Å²) in [6.07, 6.45) is 2.19. The van der Waals surface area contributed by atoms with Gasteiger partial charge < -0.3 is 15.4 Å². The van der Waals surface area contributed by atoms with E-state index in [1.165, 1.54) is 0 Å². The van der Waals surface area contributed by atoms with E-state index in [2.05, 4.69) is 38.2 Å². The quantitative estimate of drug-likeness (QED) is 0.732. The molecule has 118 valence electrons. The van der Waals surface area contributed by atoms with Gasteiger partial charge in [0, 0.05) is 21.9 Å². The predicted molar refractivity (Wildman–Crippen MR) is 93.5 cm³/mol. The molecule has 0 saturated heterocycles. The molecule has 1 aromatic rings. The fourth-order valence-electron chi connectivity index (χ4n) is 1.63. The van der Waals surface area contributed by atoms with Gasteiger partial charge in [0.2, 0.25) is 0 Å². The molecule has 0 unspecified atom stereocenters. The molecule has 0 saturated carbocycles. The number of alkyl carbamates (subject to hydrolysis) is 1. The minimum absolute atomic E-state index is 0.349. The zero-order valence-electron chi connectivity index (χ0n) is 13.3. The minimum atomic E-state index is -0.483. The van der Waals surface area contributed by atoms with Crippen molar-refractivity contribution in [3.8, 4) is 0 Å². The number of aromatic nitrogens is 1. The number of halogens is 1. The molecule has 5 nitrogen and oxygen atoms in total. The van der Waals surface area contributed by atoms with Gasteiger partial charge in [-0.05, 0) is 75.8 Å². The van der Waals surface area contributed by atoms with Crippen molar-refractivity contribution in [2.24, 2.45) is 0 Å². The SMILES string of the molecule is CC(C)(CCNc1ccc(I)cn1)NC(=O)OC(C)(C)C. The van der Waals surface area contributed by atoms with E-state index in [-0.39, 0.29) is 11.6 Å². The van der Waals surface area contributed by atoms with E-state index in [1.807, 2.05) is 52.9 Å². The first-order chi connectivity index (χ1) is 9.57. The Hall–Kier alpha value is -1.05. The summed E-state index contributed by atoms with van der Waals surface area (Å²) < 4.78 is 6.37. The van der Waals surface area contributed by atoms with E-state index in [1.54, 1.807) is 0 Å². The zero-order valence-corrected chi connectivity index (χ0v) is 15.4. The van der Waals surface area contributed by atoms with Gasteiger partial charge in [0.15, 0.2) is 0 Å². The van der Waals surface area contributed by atoms with Crippen molar-refractivity contribution in [1.29, 1.82) is 0 Å². The van der Waals surface area contributed by atoms with Crippen LogP contribution in [-0.4, -0.2) is 28.8 Å². The lowest BCUT2D eigenvalue weighted by Crippen LogP contribution is -2.46. The normalized spacial score (nSPS) is 11.9. The third kappa shape index (κ3) is 8.08. The Kier molecular flexibility index (Phi) is 6.24. The van der Waals surface area contributed by atoms with Crippen LogP contribution < -0.4 is 10.6 Å². The van der Waals surface area contributed by atoms with Crippen LogP contribution in [-0.2, 0) is 4.74 Å². The number of rotatable bonds is 5. The van der Waals surface area contributed by atoms with Crippen LogP contribution in [0.15, 0.2) is 18.3 Å². The lowest BCUT2D eigenvalue weighted by Gasteiger charge is -2.28. The minimum Gasteiger partial charge on any atom is -0.444 e. The summed E-state index contributed by atoms with van der Waals surface area (Å²) in [6, 6.07) is 3.94. The van der Waals surface area contributed by atoms with Gasteiger partial charge >= 0.3 is 6.09 Å². The Balaban J connectivity index is 2.38. The van der Waals surface area contributed by atoms with Gasteiger partial charge in [-0.2, -0.15) is 0 Å². The molecule has 6 heteroatoms. The smallest absolute Gasteiger partial charge is 0.408 e. The average molecular weight is 405 g/mol. The van der Waals surface area contributed by atoms with Gasteiger partial charge in [-0.1, -0.05) is 0 Å². The first-order valence-corrected chi connectivity index (χ1v) is 8.02. The highest BCUT2D eigenvalue weighted by Gasteiger charge is 2.24.